The van der Waals surface area contributed by atoms with E-state index in [0.29, 0.717) is 13.0 Å². The third-order valence-electron chi connectivity index (χ3n) is 3.32. The number of hydrogen-bond acceptors (Lipinski definition) is 2. The fourth-order valence-corrected chi connectivity index (χ4v) is 2.41. The topological polar surface area (TPSA) is 41.1 Å². The second-order valence-corrected chi connectivity index (χ2v) is 4.91. The van der Waals surface area contributed by atoms with Crippen molar-refractivity contribution >= 4 is 11.6 Å². The molecule has 1 heterocycles. The van der Waals surface area contributed by atoms with Gasteiger partial charge in [0.1, 0.15) is 0 Å². The Balaban J connectivity index is 2.13. The van der Waals surface area contributed by atoms with E-state index < -0.39 is 12.6 Å². The zero-order valence-electron chi connectivity index (χ0n) is 11.2. The summed E-state index contributed by atoms with van der Waals surface area (Å²) >= 11 is 0. The molecule has 6 heteroatoms. The van der Waals surface area contributed by atoms with Gasteiger partial charge in [0.15, 0.2) is 0 Å². The van der Waals surface area contributed by atoms with E-state index in [2.05, 4.69) is 10.6 Å². The molecule has 0 bridgehead atoms. The number of rotatable bonds is 5. The largest absolute Gasteiger partial charge is 0.389 e. The van der Waals surface area contributed by atoms with E-state index in [-0.39, 0.29) is 18.4 Å². The number of carbonyl (C=O) groups is 1. The van der Waals surface area contributed by atoms with E-state index in [1.54, 1.807) is 12.1 Å². The fourth-order valence-electron chi connectivity index (χ4n) is 2.41. The van der Waals surface area contributed by atoms with Crippen LogP contribution in [0.4, 0.5) is 18.9 Å². The van der Waals surface area contributed by atoms with E-state index in [9.17, 15) is 18.0 Å². The van der Waals surface area contributed by atoms with Gasteiger partial charge in [-0.05, 0) is 30.2 Å². The third-order valence-corrected chi connectivity index (χ3v) is 3.32. The van der Waals surface area contributed by atoms with Gasteiger partial charge in [-0.25, -0.2) is 0 Å². The maximum Gasteiger partial charge on any atom is 0.389 e. The lowest BCUT2D eigenvalue weighted by molar-refractivity contribution is -0.136. The summed E-state index contributed by atoms with van der Waals surface area (Å²) in [5, 5.41) is 5.78. The van der Waals surface area contributed by atoms with E-state index >= 15 is 0 Å². The third kappa shape index (κ3) is 3.72. The normalized spacial score (nSPS) is 15.9. The Morgan fingerprint density at radius 2 is 2.15 bits per heavy atom. The molecule has 1 aromatic carbocycles. The molecule has 1 aliphatic rings. The van der Waals surface area contributed by atoms with Gasteiger partial charge in [0, 0.05) is 18.2 Å². The summed E-state index contributed by atoms with van der Waals surface area (Å²) in [6.45, 7) is 2.45. The SMILES string of the molecule is CCNC(CCC(F)(F)F)c1ccc2c(c1)CC(=O)N2. The molecule has 0 aromatic heterocycles. The molecule has 2 rings (SSSR count). The summed E-state index contributed by atoms with van der Waals surface area (Å²) < 4.78 is 37.1. The molecule has 1 unspecified atom stereocenters. The van der Waals surface area contributed by atoms with Crippen LogP contribution in [0.2, 0.25) is 0 Å². The van der Waals surface area contributed by atoms with Crippen LogP contribution in [0.1, 0.15) is 36.9 Å². The maximum absolute atomic E-state index is 12.4. The Labute approximate surface area is 115 Å². The molecule has 0 spiro atoms. The average molecular weight is 286 g/mol. The van der Waals surface area contributed by atoms with Crippen molar-refractivity contribution in [3.63, 3.8) is 0 Å². The molecule has 3 nitrogen and oxygen atoms in total. The highest BCUT2D eigenvalue weighted by Crippen LogP contribution is 2.31. The minimum absolute atomic E-state index is 0.00248. The summed E-state index contributed by atoms with van der Waals surface area (Å²) in [7, 11) is 0. The van der Waals surface area contributed by atoms with Gasteiger partial charge in [0.2, 0.25) is 5.91 Å². The minimum Gasteiger partial charge on any atom is -0.326 e. The monoisotopic (exact) mass is 286 g/mol. The number of carbonyl (C=O) groups excluding carboxylic acids is 1. The van der Waals surface area contributed by atoms with Gasteiger partial charge >= 0.3 is 6.18 Å². The van der Waals surface area contributed by atoms with Crippen molar-refractivity contribution in [1.82, 2.24) is 5.32 Å². The molecule has 20 heavy (non-hydrogen) atoms. The van der Waals surface area contributed by atoms with Gasteiger partial charge in [-0.3, -0.25) is 4.79 Å². The van der Waals surface area contributed by atoms with Crippen LogP contribution in [-0.2, 0) is 11.2 Å². The lowest BCUT2D eigenvalue weighted by Gasteiger charge is -2.20. The average Bonchev–Trinajstić information content (AvgIpc) is 2.72. The second-order valence-electron chi connectivity index (χ2n) is 4.91. The predicted molar refractivity (Wildman–Crippen MR) is 70.5 cm³/mol. The van der Waals surface area contributed by atoms with Crippen LogP contribution in [0.15, 0.2) is 18.2 Å². The van der Waals surface area contributed by atoms with Crippen LogP contribution in [0.25, 0.3) is 0 Å². The van der Waals surface area contributed by atoms with E-state index in [4.69, 9.17) is 0 Å². The number of anilines is 1. The van der Waals surface area contributed by atoms with Crippen LogP contribution in [0.5, 0.6) is 0 Å². The molecule has 1 amide bonds. The van der Waals surface area contributed by atoms with Crippen molar-refractivity contribution in [1.29, 1.82) is 0 Å². The summed E-state index contributed by atoms with van der Waals surface area (Å²) in [4.78, 5) is 11.3. The molecule has 0 saturated heterocycles. The van der Waals surface area contributed by atoms with Crippen molar-refractivity contribution in [3.05, 3.63) is 29.3 Å². The molecule has 0 radical (unpaired) electrons. The summed E-state index contributed by atoms with van der Waals surface area (Å²) in [6.07, 6.45) is -4.68. The number of halogens is 3. The number of fused-ring (bicyclic) bond motifs is 1. The summed E-state index contributed by atoms with van der Waals surface area (Å²) in [5.74, 6) is -0.0764. The molecule has 110 valence electrons. The first-order valence-corrected chi connectivity index (χ1v) is 6.62. The van der Waals surface area contributed by atoms with Crippen molar-refractivity contribution in [2.75, 3.05) is 11.9 Å². The Hall–Kier alpha value is -1.56. The molecule has 0 saturated carbocycles. The molecular formula is C14H17F3N2O. The van der Waals surface area contributed by atoms with Crippen LogP contribution < -0.4 is 10.6 Å². The summed E-state index contributed by atoms with van der Waals surface area (Å²) in [5.41, 5.74) is 2.40. The van der Waals surface area contributed by atoms with Crippen molar-refractivity contribution in [2.24, 2.45) is 0 Å². The standard InChI is InChI=1S/C14H17F3N2O/c1-2-18-11(5-6-14(15,16)17)9-3-4-12-10(7-9)8-13(20)19-12/h3-4,7,11,18H,2,5-6,8H2,1H3,(H,19,20). The zero-order valence-corrected chi connectivity index (χ0v) is 11.2. The van der Waals surface area contributed by atoms with E-state index in [0.717, 1.165) is 16.8 Å². The van der Waals surface area contributed by atoms with Crippen LogP contribution >= 0.6 is 0 Å². The fraction of sp³-hybridized carbons (Fsp3) is 0.500. The highest BCUT2D eigenvalue weighted by molar-refractivity contribution is 5.99. The quantitative estimate of drug-likeness (QED) is 0.873. The first kappa shape index (κ1) is 14.8. The molecule has 1 atom stereocenters. The van der Waals surface area contributed by atoms with Crippen molar-refractivity contribution in [3.8, 4) is 0 Å². The Bertz CT molecular complexity index is 500. The molecule has 2 N–H and O–H groups in total. The molecule has 0 fully saturated rings. The number of amides is 1. The number of benzene rings is 1. The van der Waals surface area contributed by atoms with Gasteiger partial charge in [0.25, 0.3) is 0 Å². The molecule has 1 aromatic rings. The van der Waals surface area contributed by atoms with Crippen LogP contribution in [-0.4, -0.2) is 18.6 Å². The van der Waals surface area contributed by atoms with Gasteiger partial charge in [-0.2, -0.15) is 13.2 Å². The van der Waals surface area contributed by atoms with E-state index in [1.165, 1.54) is 0 Å². The number of alkyl halides is 3. The van der Waals surface area contributed by atoms with E-state index in [1.807, 2.05) is 13.0 Å². The maximum atomic E-state index is 12.4. The van der Waals surface area contributed by atoms with Gasteiger partial charge < -0.3 is 10.6 Å². The Morgan fingerprint density at radius 1 is 1.40 bits per heavy atom. The second kappa shape index (κ2) is 5.83. The van der Waals surface area contributed by atoms with Gasteiger partial charge in [-0.1, -0.05) is 19.1 Å². The van der Waals surface area contributed by atoms with Gasteiger partial charge in [-0.15, -0.1) is 0 Å². The molecular weight excluding hydrogens is 269 g/mol. The lowest BCUT2D eigenvalue weighted by atomic mass is 9.98. The van der Waals surface area contributed by atoms with Crippen molar-refractivity contribution in [2.45, 2.75) is 38.4 Å². The smallest absolute Gasteiger partial charge is 0.326 e. The first-order chi connectivity index (χ1) is 9.39. The predicted octanol–water partition coefficient (Wildman–Crippen LogP) is 3.17. The Kier molecular flexibility index (Phi) is 4.32. The molecule has 1 aliphatic heterocycles. The highest BCUT2D eigenvalue weighted by atomic mass is 19.4. The van der Waals surface area contributed by atoms with Gasteiger partial charge in [0.05, 0.1) is 6.42 Å². The van der Waals surface area contributed by atoms with Crippen molar-refractivity contribution < 1.29 is 18.0 Å². The molecule has 0 aliphatic carbocycles. The summed E-state index contributed by atoms with van der Waals surface area (Å²) in [6, 6.07) is 5.00. The minimum atomic E-state index is -4.15. The number of hydrogen-bond donors (Lipinski definition) is 2. The Morgan fingerprint density at radius 3 is 2.80 bits per heavy atom. The lowest BCUT2D eigenvalue weighted by Crippen LogP contribution is -2.23. The van der Waals surface area contributed by atoms with Crippen LogP contribution in [0.3, 0.4) is 0 Å². The highest BCUT2D eigenvalue weighted by Gasteiger charge is 2.29. The zero-order chi connectivity index (χ0) is 14.8. The number of nitrogens with one attached hydrogen (secondary N) is 2. The van der Waals surface area contributed by atoms with Crippen LogP contribution in [0, 0.1) is 0 Å². The first-order valence-electron chi connectivity index (χ1n) is 6.62.